The van der Waals surface area contributed by atoms with E-state index in [2.05, 4.69) is 4.72 Å². The lowest BCUT2D eigenvalue weighted by atomic mass is 10.1. The van der Waals surface area contributed by atoms with Crippen LogP contribution in [0, 0.1) is 5.92 Å². The van der Waals surface area contributed by atoms with E-state index in [4.69, 9.17) is 10.5 Å². The van der Waals surface area contributed by atoms with Crippen LogP contribution in [-0.4, -0.2) is 40.5 Å². The standard InChI is InChI=1S/C8H20N2O3S/c1-7(6-9)8(2)10-14(11,12)5-4-13-3/h7-8,10H,4-6,9H2,1-3H3. The molecule has 0 aliphatic rings. The van der Waals surface area contributed by atoms with Crippen LogP contribution in [-0.2, 0) is 14.8 Å². The van der Waals surface area contributed by atoms with E-state index in [0.29, 0.717) is 6.54 Å². The van der Waals surface area contributed by atoms with Gasteiger partial charge < -0.3 is 10.5 Å². The second-order valence-electron chi connectivity index (χ2n) is 3.43. The van der Waals surface area contributed by atoms with E-state index in [1.807, 2.05) is 13.8 Å². The van der Waals surface area contributed by atoms with Gasteiger partial charge in [0.2, 0.25) is 10.0 Å². The molecular formula is C8H20N2O3S. The minimum atomic E-state index is -3.23. The van der Waals surface area contributed by atoms with Crippen LogP contribution >= 0.6 is 0 Å². The van der Waals surface area contributed by atoms with E-state index in [0.717, 1.165) is 0 Å². The molecule has 0 fully saturated rings. The maximum absolute atomic E-state index is 11.4. The number of rotatable bonds is 7. The number of nitrogens with two attached hydrogens (primary N) is 1. The highest BCUT2D eigenvalue weighted by molar-refractivity contribution is 7.89. The van der Waals surface area contributed by atoms with Gasteiger partial charge in [-0.2, -0.15) is 0 Å². The second kappa shape index (κ2) is 6.34. The molecule has 0 aliphatic carbocycles. The van der Waals surface area contributed by atoms with E-state index in [1.54, 1.807) is 0 Å². The summed E-state index contributed by atoms with van der Waals surface area (Å²) in [5.74, 6) is 0.123. The fourth-order valence-corrected chi connectivity index (χ4v) is 2.16. The van der Waals surface area contributed by atoms with Gasteiger partial charge in [0.25, 0.3) is 0 Å². The third-order valence-corrected chi connectivity index (χ3v) is 3.58. The highest BCUT2D eigenvalue weighted by atomic mass is 32.2. The Bertz CT molecular complexity index is 241. The minimum absolute atomic E-state index is 0.00880. The van der Waals surface area contributed by atoms with Gasteiger partial charge in [0.05, 0.1) is 12.4 Å². The van der Waals surface area contributed by atoms with Crippen molar-refractivity contribution in [3.8, 4) is 0 Å². The smallest absolute Gasteiger partial charge is 0.214 e. The molecule has 0 rings (SSSR count). The Morgan fingerprint density at radius 3 is 2.43 bits per heavy atom. The minimum Gasteiger partial charge on any atom is -0.384 e. The number of hydrogen-bond donors (Lipinski definition) is 2. The fourth-order valence-electron chi connectivity index (χ4n) is 0.855. The van der Waals surface area contributed by atoms with Crippen molar-refractivity contribution in [2.24, 2.45) is 11.7 Å². The summed E-state index contributed by atoms with van der Waals surface area (Å²) in [6.45, 7) is 4.39. The van der Waals surface area contributed by atoms with Crippen LogP contribution in [0.2, 0.25) is 0 Å². The summed E-state index contributed by atoms with van der Waals surface area (Å²) in [7, 11) is -1.75. The van der Waals surface area contributed by atoms with E-state index in [-0.39, 0.29) is 24.3 Å². The average Bonchev–Trinajstić information content (AvgIpc) is 2.12. The van der Waals surface area contributed by atoms with Crippen LogP contribution in [0.25, 0.3) is 0 Å². The first-order valence-corrected chi connectivity index (χ1v) is 6.27. The van der Waals surface area contributed by atoms with Crippen molar-refractivity contribution >= 4 is 10.0 Å². The highest BCUT2D eigenvalue weighted by Gasteiger charge is 2.17. The second-order valence-corrected chi connectivity index (χ2v) is 5.30. The lowest BCUT2D eigenvalue weighted by molar-refractivity contribution is 0.216. The van der Waals surface area contributed by atoms with Crippen molar-refractivity contribution < 1.29 is 13.2 Å². The van der Waals surface area contributed by atoms with Crippen molar-refractivity contribution in [3.05, 3.63) is 0 Å². The number of hydrogen-bond acceptors (Lipinski definition) is 4. The molecule has 0 bridgehead atoms. The molecule has 0 radical (unpaired) electrons. The molecule has 0 saturated heterocycles. The van der Waals surface area contributed by atoms with Crippen LogP contribution in [0.3, 0.4) is 0 Å². The number of ether oxygens (including phenoxy) is 1. The topological polar surface area (TPSA) is 81.4 Å². The number of methoxy groups -OCH3 is 1. The van der Waals surface area contributed by atoms with Crippen LogP contribution in [0.5, 0.6) is 0 Å². The molecule has 0 aromatic carbocycles. The van der Waals surface area contributed by atoms with E-state index >= 15 is 0 Å². The van der Waals surface area contributed by atoms with Crippen molar-refractivity contribution in [1.82, 2.24) is 4.72 Å². The fraction of sp³-hybridized carbons (Fsp3) is 1.00. The Hall–Kier alpha value is -0.170. The van der Waals surface area contributed by atoms with Crippen LogP contribution in [0.15, 0.2) is 0 Å². The zero-order valence-electron chi connectivity index (χ0n) is 8.99. The van der Waals surface area contributed by atoms with Gasteiger partial charge in [0, 0.05) is 13.2 Å². The molecule has 2 atom stereocenters. The van der Waals surface area contributed by atoms with Gasteiger partial charge in [-0.15, -0.1) is 0 Å². The number of sulfonamides is 1. The monoisotopic (exact) mass is 224 g/mol. The Morgan fingerprint density at radius 1 is 1.43 bits per heavy atom. The molecule has 0 amide bonds. The van der Waals surface area contributed by atoms with Crippen LogP contribution < -0.4 is 10.5 Å². The average molecular weight is 224 g/mol. The first kappa shape index (κ1) is 13.8. The first-order valence-electron chi connectivity index (χ1n) is 4.62. The Balaban J connectivity index is 4.08. The molecule has 5 nitrogen and oxygen atoms in total. The summed E-state index contributed by atoms with van der Waals surface area (Å²) in [5, 5.41) is 0. The van der Waals surface area contributed by atoms with Crippen LogP contribution in [0.1, 0.15) is 13.8 Å². The van der Waals surface area contributed by atoms with E-state index < -0.39 is 10.0 Å². The van der Waals surface area contributed by atoms with Crippen molar-refractivity contribution in [2.75, 3.05) is 26.0 Å². The third kappa shape index (κ3) is 5.54. The SMILES string of the molecule is COCCS(=O)(=O)NC(C)C(C)CN. The molecule has 6 heteroatoms. The summed E-state index contributed by atoms with van der Waals surface area (Å²) in [5.41, 5.74) is 5.43. The summed E-state index contributed by atoms with van der Waals surface area (Å²) in [6.07, 6.45) is 0. The maximum Gasteiger partial charge on any atom is 0.214 e. The molecule has 0 saturated carbocycles. The number of nitrogens with one attached hydrogen (secondary N) is 1. The largest absolute Gasteiger partial charge is 0.384 e. The van der Waals surface area contributed by atoms with Gasteiger partial charge in [-0.05, 0) is 19.4 Å². The first-order chi connectivity index (χ1) is 6.43. The van der Waals surface area contributed by atoms with Gasteiger partial charge in [0.1, 0.15) is 0 Å². The summed E-state index contributed by atoms with van der Waals surface area (Å²) in [4.78, 5) is 0. The Morgan fingerprint density at radius 2 is 2.00 bits per heavy atom. The summed E-state index contributed by atoms with van der Waals surface area (Å²) < 4.78 is 30.0. The summed E-state index contributed by atoms with van der Waals surface area (Å²) in [6, 6.07) is -0.137. The van der Waals surface area contributed by atoms with Gasteiger partial charge in [-0.25, -0.2) is 13.1 Å². The molecule has 86 valence electrons. The molecule has 14 heavy (non-hydrogen) atoms. The van der Waals surface area contributed by atoms with Gasteiger partial charge in [-0.3, -0.25) is 0 Å². The third-order valence-electron chi connectivity index (χ3n) is 2.15. The van der Waals surface area contributed by atoms with E-state index in [1.165, 1.54) is 7.11 Å². The van der Waals surface area contributed by atoms with E-state index in [9.17, 15) is 8.42 Å². The normalized spacial score (nSPS) is 16.6. The molecule has 2 unspecified atom stereocenters. The molecule has 0 aromatic heterocycles. The predicted octanol–water partition coefficient (Wildman–Crippen LogP) is -0.464. The zero-order valence-corrected chi connectivity index (χ0v) is 9.80. The van der Waals surface area contributed by atoms with Gasteiger partial charge in [0.15, 0.2) is 0 Å². The Kier molecular flexibility index (Phi) is 6.26. The molecule has 0 spiro atoms. The molecule has 0 aromatic rings. The zero-order chi connectivity index (χ0) is 11.2. The molecular weight excluding hydrogens is 204 g/mol. The van der Waals surface area contributed by atoms with Crippen molar-refractivity contribution in [2.45, 2.75) is 19.9 Å². The van der Waals surface area contributed by atoms with Gasteiger partial charge >= 0.3 is 0 Å². The quantitative estimate of drug-likeness (QED) is 0.613. The maximum atomic E-state index is 11.4. The van der Waals surface area contributed by atoms with Crippen LogP contribution in [0.4, 0.5) is 0 Å². The Labute approximate surface area is 86.1 Å². The summed E-state index contributed by atoms with van der Waals surface area (Å²) >= 11 is 0. The van der Waals surface area contributed by atoms with Gasteiger partial charge in [-0.1, -0.05) is 6.92 Å². The van der Waals surface area contributed by atoms with Crippen molar-refractivity contribution in [3.63, 3.8) is 0 Å². The molecule has 3 N–H and O–H groups in total. The lowest BCUT2D eigenvalue weighted by Crippen LogP contribution is -2.41. The molecule has 0 heterocycles. The highest BCUT2D eigenvalue weighted by Crippen LogP contribution is 2.01. The lowest BCUT2D eigenvalue weighted by Gasteiger charge is -2.19. The molecule has 0 aliphatic heterocycles. The predicted molar refractivity (Wildman–Crippen MR) is 56.5 cm³/mol. The van der Waals surface area contributed by atoms with Crippen molar-refractivity contribution in [1.29, 1.82) is 0 Å².